The number of rotatable bonds is 13. The number of aromatic nitrogens is 1. The second-order valence-corrected chi connectivity index (χ2v) is 14.8. The topological polar surface area (TPSA) is 47.8 Å². The summed E-state index contributed by atoms with van der Waals surface area (Å²) in [4.78, 5) is 13.0. The van der Waals surface area contributed by atoms with Crippen molar-refractivity contribution in [1.29, 1.82) is 0 Å². The molecule has 1 unspecified atom stereocenters. The van der Waals surface area contributed by atoms with Crippen molar-refractivity contribution >= 4 is 23.2 Å². The number of piperazine rings is 1. The van der Waals surface area contributed by atoms with Crippen molar-refractivity contribution in [3.05, 3.63) is 113 Å². The lowest BCUT2D eigenvalue weighted by atomic mass is 9.71. The summed E-state index contributed by atoms with van der Waals surface area (Å²) in [6.07, 6.45) is 5.49. The van der Waals surface area contributed by atoms with Crippen LogP contribution < -0.4 is 10.2 Å². The highest BCUT2D eigenvalue weighted by Gasteiger charge is 2.41. The van der Waals surface area contributed by atoms with E-state index in [0.29, 0.717) is 11.8 Å². The fourth-order valence-corrected chi connectivity index (χ4v) is 8.14. The third-order valence-corrected chi connectivity index (χ3v) is 11.1. The summed E-state index contributed by atoms with van der Waals surface area (Å²) < 4.78 is 6.94. The number of oxazole rings is 1. The summed E-state index contributed by atoms with van der Waals surface area (Å²) in [5.41, 5.74) is 4.84. The molecule has 0 radical (unpaired) electrons. The van der Waals surface area contributed by atoms with E-state index in [4.69, 9.17) is 21.0 Å². The number of nitrogens with zero attached hydrogens (tertiary/aromatic N) is 4. The number of benzene rings is 3. The molecule has 2 aliphatic rings. The maximum atomic E-state index is 6.94. The highest BCUT2D eigenvalue weighted by molar-refractivity contribution is 6.30. The van der Waals surface area contributed by atoms with Crippen molar-refractivity contribution < 1.29 is 4.42 Å². The summed E-state index contributed by atoms with van der Waals surface area (Å²) >= 11 is 6.17. The molecule has 3 aromatic carbocycles. The van der Waals surface area contributed by atoms with E-state index in [0.717, 1.165) is 80.4 Å². The molecule has 1 N–H and O–H groups in total. The average molecular weight is 668 g/mol. The van der Waals surface area contributed by atoms with Crippen LogP contribution >= 0.6 is 11.6 Å². The van der Waals surface area contributed by atoms with Gasteiger partial charge in [-0.2, -0.15) is 0 Å². The lowest BCUT2D eigenvalue weighted by molar-refractivity contribution is 0.0334. The Morgan fingerprint density at radius 1 is 0.833 bits per heavy atom. The van der Waals surface area contributed by atoms with E-state index in [2.05, 4.69) is 121 Å². The monoisotopic (exact) mass is 667 g/mol. The molecule has 1 aromatic heterocycles. The van der Waals surface area contributed by atoms with Gasteiger partial charge in [-0.3, -0.25) is 9.80 Å². The van der Waals surface area contributed by atoms with Crippen LogP contribution in [-0.4, -0.2) is 59.6 Å². The molecule has 0 bridgehead atoms. The maximum absolute atomic E-state index is 6.94. The zero-order valence-electron chi connectivity index (χ0n) is 29.4. The molecule has 2 heterocycles. The number of halogens is 1. The predicted molar refractivity (Wildman–Crippen MR) is 200 cm³/mol. The van der Waals surface area contributed by atoms with Gasteiger partial charge in [0.05, 0.1) is 6.04 Å². The second kappa shape index (κ2) is 15.9. The molecule has 48 heavy (non-hydrogen) atoms. The molecule has 1 atom stereocenters. The lowest BCUT2D eigenvalue weighted by Gasteiger charge is -2.45. The van der Waals surface area contributed by atoms with Crippen LogP contribution in [0.25, 0.3) is 0 Å². The summed E-state index contributed by atoms with van der Waals surface area (Å²) in [7, 11) is 0. The fraction of sp³-hybridized carbons (Fsp3) is 0.488. The SMILES string of the molecule is CCN(CC)c1oc(C(C2CCC(C(C)(C)Nc3ccc(Cl)cc3)CC2)N2CCN(Cc3ccccc3)CC2)nc1Cc1ccccc1. The largest absolute Gasteiger partial charge is 0.423 e. The Morgan fingerprint density at radius 3 is 2.04 bits per heavy atom. The third kappa shape index (κ3) is 8.45. The summed E-state index contributed by atoms with van der Waals surface area (Å²) in [5, 5.41) is 4.60. The van der Waals surface area contributed by atoms with Gasteiger partial charge in [0.25, 0.3) is 0 Å². The Morgan fingerprint density at radius 2 is 1.44 bits per heavy atom. The molecule has 1 saturated heterocycles. The minimum atomic E-state index is -0.0148. The van der Waals surface area contributed by atoms with Crippen LogP contribution in [0.1, 0.15) is 82.1 Å². The van der Waals surface area contributed by atoms with Crippen molar-refractivity contribution in [1.82, 2.24) is 14.8 Å². The van der Waals surface area contributed by atoms with Gasteiger partial charge in [0.15, 0.2) is 0 Å². The van der Waals surface area contributed by atoms with Gasteiger partial charge in [0.1, 0.15) is 5.69 Å². The Kier molecular flexibility index (Phi) is 11.5. The lowest BCUT2D eigenvalue weighted by Crippen LogP contribution is -2.49. The van der Waals surface area contributed by atoms with Gasteiger partial charge < -0.3 is 14.6 Å². The van der Waals surface area contributed by atoms with Crippen molar-refractivity contribution in [3.8, 4) is 0 Å². The van der Waals surface area contributed by atoms with E-state index in [1.807, 2.05) is 12.1 Å². The van der Waals surface area contributed by atoms with Crippen molar-refractivity contribution in [2.24, 2.45) is 11.8 Å². The number of nitrogens with one attached hydrogen (secondary N) is 1. The van der Waals surface area contributed by atoms with Gasteiger partial charge in [0.2, 0.25) is 11.8 Å². The Bertz CT molecular complexity index is 1540. The minimum absolute atomic E-state index is 0.0148. The molecule has 1 aliphatic carbocycles. The van der Waals surface area contributed by atoms with E-state index in [1.165, 1.54) is 36.8 Å². The first-order valence-corrected chi connectivity index (χ1v) is 18.5. The average Bonchev–Trinajstić information content (AvgIpc) is 3.50. The van der Waals surface area contributed by atoms with Gasteiger partial charge in [-0.1, -0.05) is 72.3 Å². The molecule has 7 heteroatoms. The van der Waals surface area contributed by atoms with Gasteiger partial charge in [-0.05, 0) is 101 Å². The smallest absolute Gasteiger partial charge is 0.219 e. The summed E-state index contributed by atoms with van der Waals surface area (Å²) in [5.74, 6) is 2.95. The van der Waals surface area contributed by atoms with E-state index < -0.39 is 0 Å². The molecular formula is C41H54ClN5O. The van der Waals surface area contributed by atoms with Gasteiger partial charge in [-0.25, -0.2) is 4.98 Å². The molecule has 1 aliphatic heterocycles. The highest BCUT2D eigenvalue weighted by atomic mass is 35.5. The van der Waals surface area contributed by atoms with Crippen LogP contribution in [0.4, 0.5) is 11.6 Å². The van der Waals surface area contributed by atoms with Crippen LogP contribution in [0.15, 0.2) is 89.3 Å². The molecule has 4 aromatic rings. The zero-order valence-corrected chi connectivity index (χ0v) is 30.1. The standard InChI is InChI=1S/C41H54ClN5O/c1-5-46(6-2)40-37(29-31-13-9-7-10-14-31)43-39(48-40)38(47-27-25-45(26-28-47)30-32-15-11-8-12-16-32)33-17-19-34(20-18-33)41(3,4)44-36-23-21-35(42)22-24-36/h7-16,21-24,33-34,38,44H,5-6,17-20,25-30H2,1-4H3. The molecular weight excluding hydrogens is 614 g/mol. The van der Waals surface area contributed by atoms with Crippen LogP contribution in [0, 0.1) is 11.8 Å². The van der Waals surface area contributed by atoms with Crippen molar-refractivity contribution in [3.63, 3.8) is 0 Å². The number of anilines is 2. The second-order valence-electron chi connectivity index (χ2n) is 14.3. The van der Waals surface area contributed by atoms with Crippen LogP contribution in [-0.2, 0) is 13.0 Å². The molecule has 256 valence electrons. The number of hydrogen-bond acceptors (Lipinski definition) is 6. The Labute approximate surface area is 293 Å². The molecule has 0 amide bonds. The first-order valence-electron chi connectivity index (χ1n) is 18.2. The minimum Gasteiger partial charge on any atom is -0.423 e. The van der Waals surface area contributed by atoms with Crippen LogP contribution in [0.2, 0.25) is 5.02 Å². The first-order chi connectivity index (χ1) is 23.3. The van der Waals surface area contributed by atoms with Crippen molar-refractivity contribution in [2.45, 2.75) is 77.9 Å². The molecule has 2 fully saturated rings. The van der Waals surface area contributed by atoms with Crippen LogP contribution in [0.3, 0.4) is 0 Å². The first kappa shape index (κ1) is 34.5. The Hall–Kier alpha value is -3.32. The van der Waals surface area contributed by atoms with E-state index in [-0.39, 0.29) is 11.6 Å². The van der Waals surface area contributed by atoms with E-state index in [9.17, 15) is 0 Å². The van der Waals surface area contributed by atoms with Gasteiger partial charge in [-0.15, -0.1) is 0 Å². The maximum Gasteiger partial charge on any atom is 0.219 e. The zero-order chi connectivity index (χ0) is 33.5. The molecule has 1 saturated carbocycles. The summed E-state index contributed by atoms with van der Waals surface area (Å²) in [6.45, 7) is 16.1. The van der Waals surface area contributed by atoms with Crippen LogP contribution in [0.5, 0.6) is 0 Å². The van der Waals surface area contributed by atoms with Crippen molar-refractivity contribution in [2.75, 3.05) is 49.5 Å². The highest BCUT2D eigenvalue weighted by Crippen LogP contribution is 2.45. The quantitative estimate of drug-likeness (QED) is 0.153. The third-order valence-electron chi connectivity index (χ3n) is 10.8. The normalized spacial score (nSPS) is 20.0. The number of hydrogen-bond donors (Lipinski definition) is 1. The van der Waals surface area contributed by atoms with E-state index in [1.54, 1.807) is 0 Å². The van der Waals surface area contributed by atoms with Gasteiger partial charge in [0, 0.05) is 68.5 Å². The fourth-order valence-electron chi connectivity index (χ4n) is 8.01. The van der Waals surface area contributed by atoms with Gasteiger partial charge >= 0.3 is 0 Å². The molecule has 0 spiro atoms. The molecule has 6 rings (SSSR count). The predicted octanol–water partition coefficient (Wildman–Crippen LogP) is 9.32. The Balaban J connectivity index is 1.23. The summed E-state index contributed by atoms with van der Waals surface area (Å²) in [6, 6.07) is 29.9. The molecule has 6 nitrogen and oxygen atoms in total. The van der Waals surface area contributed by atoms with E-state index >= 15 is 0 Å².